The summed E-state index contributed by atoms with van der Waals surface area (Å²) in [4.78, 5) is 4.22. The van der Waals surface area contributed by atoms with E-state index >= 15 is 0 Å². The molecular formula is C11H16N2. The molecule has 1 N–H and O–H groups in total. The van der Waals surface area contributed by atoms with Gasteiger partial charge in [0, 0.05) is 12.7 Å². The number of aromatic nitrogens is 1. The molecule has 1 rings (SSSR count). The molecule has 0 atom stereocenters. The topological polar surface area (TPSA) is 24.9 Å². The highest BCUT2D eigenvalue weighted by atomic mass is 14.8. The van der Waals surface area contributed by atoms with Crippen LogP contribution in [0.25, 0.3) is 6.08 Å². The lowest BCUT2D eigenvalue weighted by Gasteiger charge is -2.02. The van der Waals surface area contributed by atoms with Crippen LogP contribution in [0.3, 0.4) is 0 Å². The van der Waals surface area contributed by atoms with Crippen molar-refractivity contribution in [3.05, 3.63) is 36.2 Å². The fraction of sp³-hybridized carbons (Fsp3) is 0.364. The van der Waals surface area contributed by atoms with Crippen molar-refractivity contribution in [2.45, 2.75) is 19.9 Å². The third-order valence-electron chi connectivity index (χ3n) is 1.81. The molecule has 0 fully saturated rings. The monoisotopic (exact) mass is 176 g/mol. The van der Waals surface area contributed by atoms with Gasteiger partial charge >= 0.3 is 0 Å². The molecule has 13 heavy (non-hydrogen) atoms. The summed E-state index contributed by atoms with van der Waals surface area (Å²) in [7, 11) is 0. The third-order valence-corrected chi connectivity index (χ3v) is 1.81. The van der Waals surface area contributed by atoms with Crippen molar-refractivity contribution < 1.29 is 0 Å². The van der Waals surface area contributed by atoms with Crippen LogP contribution < -0.4 is 5.32 Å². The largest absolute Gasteiger partial charge is 0.313 e. The van der Waals surface area contributed by atoms with Crippen LogP contribution in [0, 0.1) is 0 Å². The quantitative estimate of drug-likeness (QED) is 0.696. The Kier molecular flexibility index (Phi) is 4.19. The van der Waals surface area contributed by atoms with E-state index in [1.54, 1.807) is 6.08 Å². The number of rotatable bonds is 5. The predicted octanol–water partition coefficient (Wildman–Crippen LogP) is 2.22. The highest BCUT2D eigenvalue weighted by Crippen LogP contribution is 2.00. The average Bonchev–Trinajstić information content (AvgIpc) is 2.19. The molecule has 0 aromatic carbocycles. The second-order valence-electron chi connectivity index (χ2n) is 2.97. The first kappa shape index (κ1) is 9.93. The Morgan fingerprint density at radius 2 is 2.38 bits per heavy atom. The molecule has 1 aromatic rings. The van der Waals surface area contributed by atoms with Crippen molar-refractivity contribution in [1.29, 1.82) is 0 Å². The van der Waals surface area contributed by atoms with E-state index in [1.165, 1.54) is 5.56 Å². The molecule has 1 aromatic heterocycles. The van der Waals surface area contributed by atoms with Crippen molar-refractivity contribution in [1.82, 2.24) is 10.3 Å². The van der Waals surface area contributed by atoms with Gasteiger partial charge in [-0.05, 0) is 30.7 Å². The molecule has 0 amide bonds. The molecule has 1 heterocycles. The summed E-state index contributed by atoms with van der Waals surface area (Å²) in [5.41, 5.74) is 2.15. The van der Waals surface area contributed by atoms with E-state index in [-0.39, 0.29) is 0 Å². The van der Waals surface area contributed by atoms with Crippen LogP contribution in [0.4, 0.5) is 0 Å². The maximum absolute atomic E-state index is 4.22. The van der Waals surface area contributed by atoms with Crippen LogP contribution in [-0.4, -0.2) is 11.5 Å². The minimum Gasteiger partial charge on any atom is -0.313 e. The van der Waals surface area contributed by atoms with E-state index in [1.807, 2.05) is 12.3 Å². The molecule has 0 aliphatic carbocycles. The lowest BCUT2D eigenvalue weighted by Crippen LogP contribution is -2.13. The normalized spacial score (nSPS) is 9.92. The second-order valence-corrected chi connectivity index (χ2v) is 2.97. The Hall–Kier alpha value is -1.15. The zero-order chi connectivity index (χ0) is 9.52. The third kappa shape index (κ3) is 3.38. The Morgan fingerprint density at radius 1 is 1.54 bits per heavy atom. The standard InChI is InChI=1S/C11H16N2/c1-3-7-12-8-10-5-6-11(4-2)13-9-10/h4-6,9,12H,2-3,7-8H2,1H3. The zero-order valence-corrected chi connectivity index (χ0v) is 8.09. The summed E-state index contributed by atoms with van der Waals surface area (Å²) >= 11 is 0. The maximum atomic E-state index is 4.22. The zero-order valence-electron chi connectivity index (χ0n) is 8.09. The van der Waals surface area contributed by atoms with Gasteiger partial charge in [-0.3, -0.25) is 4.98 Å². The molecule has 70 valence electrons. The lowest BCUT2D eigenvalue weighted by molar-refractivity contribution is 0.674. The van der Waals surface area contributed by atoms with Gasteiger partial charge in [0.25, 0.3) is 0 Å². The van der Waals surface area contributed by atoms with Crippen molar-refractivity contribution in [2.24, 2.45) is 0 Å². The van der Waals surface area contributed by atoms with E-state index < -0.39 is 0 Å². The molecule has 0 bridgehead atoms. The minimum atomic E-state index is 0.901. The van der Waals surface area contributed by atoms with Crippen molar-refractivity contribution in [2.75, 3.05) is 6.54 Å². The number of nitrogens with one attached hydrogen (secondary N) is 1. The van der Waals surface area contributed by atoms with Crippen LogP contribution in [0.15, 0.2) is 24.9 Å². The molecule has 0 spiro atoms. The van der Waals surface area contributed by atoms with Crippen LogP contribution in [0.1, 0.15) is 24.6 Å². The van der Waals surface area contributed by atoms with E-state index in [2.05, 4.69) is 29.9 Å². The van der Waals surface area contributed by atoms with Crippen LogP contribution in [0.5, 0.6) is 0 Å². The van der Waals surface area contributed by atoms with Gasteiger partial charge in [-0.1, -0.05) is 19.6 Å². The molecular weight excluding hydrogens is 160 g/mol. The van der Waals surface area contributed by atoms with E-state index in [4.69, 9.17) is 0 Å². The molecule has 0 aliphatic rings. The van der Waals surface area contributed by atoms with E-state index in [0.29, 0.717) is 0 Å². The smallest absolute Gasteiger partial charge is 0.0623 e. The van der Waals surface area contributed by atoms with E-state index in [0.717, 1.165) is 25.2 Å². The minimum absolute atomic E-state index is 0.901. The first-order valence-electron chi connectivity index (χ1n) is 4.65. The molecule has 0 radical (unpaired) electrons. The van der Waals surface area contributed by atoms with Crippen molar-refractivity contribution in [3.63, 3.8) is 0 Å². The van der Waals surface area contributed by atoms with Crippen LogP contribution in [0.2, 0.25) is 0 Å². The van der Waals surface area contributed by atoms with Gasteiger partial charge in [0.05, 0.1) is 5.69 Å². The highest BCUT2D eigenvalue weighted by molar-refractivity contribution is 5.41. The van der Waals surface area contributed by atoms with E-state index in [9.17, 15) is 0 Å². The molecule has 0 aliphatic heterocycles. The summed E-state index contributed by atoms with van der Waals surface area (Å²) < 4.78 is 0. The van der Waals surface area contributed by atoms with Gasteiger partial charge in [0.2, 0.25) is 0 Å². The lowest BCUT2D eigenvalue weighted by atomic mass is 10.2. The van der Waals surface area contributed by atoms with Gasteiger partial charge in [-0.25, -0.2) is 0 Å². The number of hydrogen-bond acceptors (Lipinski definition) is 2. The molecule has 0 saturated heterocycles. The SMILES string of the molecule is C=Cc1ccc(CNCCC)cn1. The first-order valence-corrected chi connectivity index (χ1v) is 4.65. The second kappa shape index (κ2) is 5.49. The van der Waals surface area contributed by atoms with Gasteiger partial charge in [-0.2, -0.15) is 0 Å². The number of hydrogen-bond donors (Lipinski definition) is 1. The summed E-state index contributed by atoms with van der Waals surface area (Å²) in [5, 5.41) is 3.32. The predicted molar refractivity (Wildman–Crippen MR) is 56.3 cm³/mol. The van der Waals surface area contributed by atoms with Crippen molar-refractivity contribution >= 4 is 6.08 Å². The summed E-state index contributed by atoms with van der Waals surface area (Å²) in [6.07, 6.45) is 4.81. The Balaban J connectivity index is 2.44. The summed E-state index contributed by atoms with van der Waals surface area (Å²) in [6, 6.07) is 4.06. The van der Waals surface area contributed by atoms with Crippen molar-refractivity contribution in [3.8, 4) is 0 Å². The van der Waals surface area contributed by atoms with Gasteiger partial charge < -0.3 is 5.32 Å². The Bertz CT molecular complexity index is 251. The fourth-order valence-electron chi connectivity index (χ4n) is 1.07. The Morgan fingerprint density at radius 3 is 2.92 bits per heavy atom. The fourth-order valence-corrected chi connectivity index (χ4v) is 1.07. The first-order chi connectivity index (χ1) is 6.36. The average molecular weight is 176 g/mol. The maximum Gasteiger partial charge on any atom is 0.0623 e. The molecule has 0 unspecified atom stereocenters. The molecule has 2 heteroatoms. The summed E-state index contributed by atoms with van der Waals surface area (Å²) in [5.74, 6) is 0. The van der Waals surface area contributed by atoms with Gasteiger partial charge in [0.1, 0.15) is 0 Å². The number of nitrogens with zero attached hydrogens (tertiary/aromatic N) is 1. The van der Waals surface area contributed by atoms with Crippen LogP contribution in [-0.2, 0) is 6.54 Å². The summed E-state index contributed by atoms with van der Waals surface area (Å²) in [6.45, 7) is 7.78. The number of pyridine rings is 1. The highest BCUT2D eigenvalue weighted by Gasteiger charge is 1.92. The van der Waals surface area contributed by atoms with Crippen LogP contribution >= 0.6 is 0 Å². The van der Waals surface area contributed by atoms with Gasteiger partial charge in [-0.15, -0.1) is 0 Å². The van der Waals surface area contributed by atoms with Gasteiger partial charge in [0.15, 0.2) is 0 Å². The Labute approximate surface area is 79.7 Å². The molecule has 2 nitrogen and oxygen atoms in total. The molecule has 0 saturated carbocycles.